The van der Waals surface area contributed by atoms with Crippen LogP contribution in [0.1, 0.15) is 15.9 Å². The first-order chi connectivity index (χ1) is 15.5. The van der Waals surface area contributed by atoms with Crippen LogP contribution in [-0.2, 0) is 6.54 Å². The fraction of sp³-hybridized carbons (Fsp3) is 0.0833. The van der Waals surface area contributed by atoms with Crippen LogP contribution >= 0.6 is 0 Å². The number of nitrogens with zero attached hydrogens (tertiary/aromatic N) is 1. The van der Waals surface area contributed by atoms with E-state index >= 15 is 0 Å². The van der Waals surface area contributed by atoms with Crippen LogP contribution in [0.2, 0.25) is 0 Å². The fourth-order valence-electron chi connectivity index (χ4n) is 3.08. The van der Waals surface area contributed by atoms with E-state index in [0.717, 1.165) is 0 Å². The topological polar surface area (TPSA) is 64.4 Å². The molecule has 0 fully saturated rings. The molecule has 3 aromatic carbocycles. The van der Waals surface area contributed by atoms with Crippen LogP contribution in [0.3, 0.4) is 0 Å². The number of amides is 1. The van der Waals surface area contributed by atoms with E-state index in [1.54, 1.807) is 48.5 Å². The minimum atomic E-state index is -2.89. The third-order valence-electron chi connectivity index (χ3n) is 4.64. The average Bonchev–Trinajstić information content (AvgIpc) is 3.29. The smallest absolute Gasteiger partial charge is 0.387 e. The number of halogens is 3. The Bertz CT molecular complexity index is 1210. The average molecular weight is 438 g/mol. The van der Waals surface area contributed by atoms with E-state index in [-0.39, 0.29) is 29.9 Å². The summed E-state index contributed by atoms with van der Waals surface area (Å²) in [6.07, 6.45) is 1.51. The third kappa shape index (κ3) is 4.97. The van der Waals surface area contributed by atoms with Gasteiger partial charge in [-0.3, -0.25) is 4.79 Å². The van der Waals surface area contributed by atoms with Crippen LogP contribution in [-0.4, -0.2) is 17.5 Å². The van der Waals surface area contributed by atoms with Crippen molar-refractivity contribution < 1.29 is 27.1 Å². The van der Waals surface area contributed by atoms with Crippen molar-refractivity contribution in [2.45, 2.75) is 13.2 Å². The van der Waals surface area contributed by atoms with E-state index in [9.17, 15) is 18.0 Å². The molecular weight excluding hydrogens is 421 g/mol. The van der Waals surface area contributed by atoms with Crippen molar-refractivity contribution in [3.05, 3.63) is 95.9 Å². The van der Waals surface area contributed by atoms with Gasteiger partial charge in [0.15, 0.2) is 5.76 Å². The summed E-state index contributed by atoms with van der Waals surface area (Å²) in [4.78, 5) is 17.1. The Hall–Kier alpha value is -4.07. The lowest BCUT2D eigenvalue weighted by Gasteiger charge is -2.09. The summed E-state index contributed by atoms with van der Waals surface area (Å²) in [5.74, 6) is 0.0351. The lowest BCUT2D eigenvalue weighted by molar-refractivity contribution is -0.0498. The van der Waals surface area contributed by atoms with Gasteiger partial charge in [0.25, 0.3) is 5.91 Å². The van der Waals surface area contributed by atoms with Crippen LogP contribution in [0.4, 0.5) is 13.2 Å². The van der Waals surface area contributed by atoms with Gasteiger partial charge in [0.2, 0.25) is 5.89 Å². The summed E-state index contributed by atoms with van der Waals surface area (Å²) in [7, 11) is 0. The normalized spacial score (nSPS) is 10.9. The van der Waals surface area contributed by atoms with Crippen molar-refractivity contribution in [2.24, 2.45) is 0 Å². The molecule has 0 saturated carbocycles. The van der Waals surface area contributed by atoms with Crippen LogP contribution in [0.15, 0.2) is 83.4 Å². The lowest BCUT2D eigenvalue weighted by atomic mass is 10.1. The van der Waals surface area contributed by atoms with Gasteiger partial charge < -0.3 is 14.5 Å². The Balaban J connectivity index is 1.48. The zero-order valence-corrected chi connectivity index (χ0v) is 16.6. The molecular formula is C24H17F3N2O3. The molecule has 1 amide bonds. The van der Waals surface area contributed by atoms with Crippen molar-refractivity contribution in [2.75, 3.05) is 0 Å². The van der Waals surface area contributed by atoms with Gasteiger partial charge in [-0.05, 0) is 54.1 Å². The summed E-state index contributed by atoms with van der Waals surface area (Å²) in [5, 5.41) is 2.79. The number of oxazole rings is 1. The van der Waals surface area contributed by atoms with Gasteiger partial charge in [0.1, 0.15) is 11.6 Å². The number of hydrogen-bond acceptors (Lipinski definition) is 4. The molecule has 0 bridgehead atoms. The SMILES string of the molecule is O=C(NCc1ccc(OC(F)F)cc1)c1ccccc1-c1ncc(-c2ccc(F)cc2)o1. The van der Waals surface area contributed by atoms with Gasteiger partial charge in [0, 0.05) is 17.7 Å². The molecule has 0 aliphatic rings. The van der Waals surface area contributed by atoms with Gasteiger partial charge in [0.05, 0.1) is 11.8 Å². The van der Waals surface area contributed by atoms with Crippen molar-refractivity contribution in [1.29, 1.82) is 0 Å². The molecule has 0 spiro atoms. The van der Waals surface area contributed by atoms with Crippen molar-refractivity contribution >= 4 is 5.91 Å². The Kier molecular flexibility index (Phi) is 6.21. The second-order valence-electron chi connectivity index (χ2n) is 6.79. The molecule has 5 nitrogen and oxygen atoms in total. The summed E-state index contributed by atoms with van der Waals surface area (Å²) >= 11 is 0. The van der Waals surface area contributed by atoms with E-state index in [2.05, 4.69) is 15.0 Å². The lowest BCUT2D eigenvalue weighted by Crippen LogP contribution is -2.23. The van der Waals surface area contributed by atoms with E-state index in [4.69, 9.17) is 4.42 Å². The van der Waals surface area contributed by atoms with Crippen LogP contribution in [0.25, 0.3) is 22.8 Å². The van der Waals surface area contributed by atoms with Gasteiger partial charge >= 0.3 is 6.61 Å². The molecule has 1 N–H and O–H groups in total. The van der Waals surface area contributed by atoms with E-state index in [1.807, 2.05) is 0 Å². The number of benzene rings is 3. The first-order valence-corrected chi connectivity index (χ1v) is 9.63. The summed E-state index contributed by atoms with van der Waals surface area (Å²) < 4.78 is 47.8. The predicted molar refractivity (Wildman–Crippen MR) is 112 cm³/mol. The number of carbonyl (C=O) groups excluding carboxylic acids is 1. The van der Waals surface area contributed by atoms with Gasteiger partial charge in [-0.1, -0.05) is 24.3 Å². The highest BCUT2D eigenvalue weighted by molar-refractivity contribution is 6.00. The minimum Gasteiger partial charge on any atom is -0.436 e. The molecule has 0 aliphatic carbocycles. The number of aromatic nitrogens is 1. The van der Waals surface area contributed by atoms with E-state index < -0.39 is 6.61 Å². The molecule has 1 heterocycles. The monoisotopic (exact) mass is 438 g/mol. The molecule has 1 aromatic heterocycles. The molecule has 0 saturated heterocycles. The van der Waals surface area contributed by atoms with Crippen LogP contribution < -0.4 is 10.1 Å². The maximum Gasteiger partial charge on any atom is 0.387 e. The van der Waals surface area contributed by atoms with Gasteiger partial charge in [-0.2, -0.15) is 8.78 Å². The molecule has 0 radical (unpaired) electrons. The molecule has 0 atom stereocenters. The number of ether oxygens (including phenoxy) is 1. The first-order valence-electron chi connectivity index (χ1n) is 9.63. The van der Waals surface area contributed by atoms with Crippen molar-refractivity contribution in [3.8, 4) is 28.5 Å². The van der Waals surface area contributed by atoms with E-state index in [1.165, 1.54) is 30.5 Å². The van der Waals surface area contributed by atoms with Crippen molar-refractivity contribution in [3.63, 3.8) is 0 Å². The van der Waals surface area contributed by atoms with Crippen LogP contribution in [0.5, 0.6) is 5.75 Å². The van der Waals surface area contributed by atoms with E-state index in [0.29, 0.717) is 28.0 Å². The molecule has 0 unspecified atom stereocenters. The highest BCUT2D eigenvalue weighted by Crippen LogP contribution is 2.28. The largest absolute Gasteiger partial charge is 0.436 e. The Morgan fingerprint density at radius 3 is 2.44 bits per heavy atom. The number of rotatable bonds is 7. The summed E-state index contributed by atoms with van der Waals surface area (Å²) in [6.45, 7) is -2.70. The second-order valence-corrected chi connectivity index (χ2v) is 6.79. The molecule has 32 heavy (non-hydrogen) atoms. The number of hydrogen-bond donors (Lipinski definition) is 1. The number of carbonyl (C=O) groups is 1. The Morgan fingerprint density at radius 2 is 1.72 bits per heavy atom. The first kappa shape index (κ1) is 21.2. The second kappa shape index (κ2) is 9.38. The zero-order chi connectivity index (χ0) is 22.5. The maximum atomic E-state index is 13.2. The third-order valence-corrected chi connectivity index (χ3v) is 4.64. The quantitative estimate of drug-likeness (QED) is 0.403. The standard InChI is InChI=1S/C24H17F3N2O3/c25-17-9-7-16(8-10-17)21-14-29-23(32-21)20-4-2-1-3-19(20)22(30)28-13-15-5-11-18(12-6-15)31-24(26)27/h1-12,14,24H,13H2,(H,28,30). The Morgan fingerprint density at radius 1 is 1.00 bits per heavy atom. The fourth-order valence-corrected chi connectivity index (χ4v) is 3.08. The predicted octanol–water partition coefficient (Wildman–Crippen LogP) is 5.68. The van der Waals surface area contributed by atoms with Gasteiger partial charge in [-0.25, -0.2) is 9.37 Å². The maximum absolute atomic E-state index is 13.2. The summed E-state index contributed by atoms with van der Waals surface area (Å²) in [5.41, 5.74) is 2.23. The molecule has 162 valence electrons. The van der Waals surface area contributed by atoms with Gasteiger partial charge in [-0.15, -0.1) is 0 Å². The molecule has 8 heteroatoms. The Labute approximate surface area is 181 Å². The van der Waals surface area contributed by atoms with Crippen molar-refractivity contribution in [1.82, 2.24) is 10.3 Å². The molecule has 4 rings (SSSR count). The highest BCUT2D eigenvalue weighted by Gasteiger charge is 2.17. The number of nitrogens with one attached hydrogen (secondary N) is 1. The van der Waals surface area contributed by atoms with Crippen LogP contribution in [0, 0.1) is 5.82 Å². The summed E-state index contributed by atoms with van der Waals surface area (Å²) in [6, 6.07) is 18.6. The molecule has 4 aromatic rings. The number of alkyl halides is 2. The highest BCUT2D eigenvalue weighted by atomic mass is 19.3. The zero-order valence-electron chi connectivity index (χ0n) is 16.6. The minimum absolute atomic E-state index is 0.0428. The molecule has 0 aliphatic heterocycles.